The molecule has 0 spiro atoms. The predicted octanol–water partition coefficient (Wildman–Crippen LogP) is 3.18. The Labute approximate surface area is 115 Å². The molecule has 3 heteroatoms. The summed E-state index contributed by atoms with van der Waals surface area (Å²) in [6, 6.07) is 10.7. The largest absolute Gasteiger partial charge is 0.305 e. The normalized spacial score (nSPS) is 12.4. The van der Waals surface area contributed by atoms with Crippen LogP contribution in [0.3, 0.4) is 0 Å². The summed E-state index contributed by atoms with van der Waals surface area (Å²) in [7, 11) is 0. The summed E-state index contributed by atoms with van der Waals surface area (Å²) in [5.41, 5.74) is 3.56. The van der Waals surface area contributed by atoms with Gasteiger partial charge in [-0.15, -0.1) is 0 Å². The van der Waals surface area contributed by atoms with Gasteiger partial charge in [0.25, 0.3) is 0 Å². The van der Waals surface area contributed by atoms with Gasteiger partial charge in [-0.25, -0.2) is 9.97 Å². The van der Waals surface area contributed by atoms with Gasteiger partial charge in [0.2, 0.25) is 0 Å². The lowest BCUT2D eigenvalue weighted by Gasteiger charge is -2.19. The summed E-state index contributed by atoms with van der Waals surface area (Å²) in [5, 5.41) is 3.57. The molecule has 0 fully saturated rings. The smallest absolute Gasteiger partial charge is 0.125 e. The molecule has 100 valence electrons. The van der Waals surface area contributed by atoms with Crippen molar-refractivity contribution >= 4 is 0 Å². The van der Waals surface area contributed by atoms with Gasteiger partial charge in [0.1, 0.15) is 5.82 Å². The second-order valence-corrected chi connectivity index (χ2v) is 4.83. The van der Waals surface area contributed by atoms with Crippen molar-refractivity contribution in [3.8, 4) is 0 Å². The Balaban J connectivity index is 2.35. The van der Waals surface area contributed by atoms with Crippen molar-refractivity contribution in [3.63, 3.8) is 0 Å². The molecule has 1 atom stereocenters. The fourth-order valence-electron chi connectivity index (χ4n) is 2.17. The van der Waals surface area contributed by atoms with Gasteiger partial charge in [-0.1, -0.05) is 36.8 Å². The number of hydrogen-bond acceptors (Lipinski definition) is 3. The standard InChI is InChI=1S/C16H21N3/c1-4-9-18-16(14-7-5-6-12(2)11-14)15-8-10-17-13(3)19-15/h5-8,10-11,16,18H,4,9H2,1-3H3. The average molecular weight is 255 g/mol. The lowest BCUT2D eigenvalue weighted by Crippen LogP contribution is -2.24. The van der Waals surface area contributed by atoms with Gasteiger partial charge in [0.05, 0.1) is 11.7 Å². The average Bonchev–Trinajstić information content (AvgIpc) is 2.39. The third-order valence-electron chi connectivity index (χ3n) is 3.07. The highest BCUT2D eigenvalue weighted by molar-refractivity contribution is 5.30. The molecule has 1 aromatic carbocycles. The van der Waals surface area contributed by atoms with Gasteiger partial charge >= 0.3 is 0 Å². The van der Waals surface area contributed by atoms with Crippen molar-refractivity contribution in [3.05, 3.63) is 59.2 Å². The van der Waals surface area contributed by atoms with Crippen LogP contribution in [0.15, 0.2) is 36.5 Å². The van der Waals surface area contributed by atoms with Gasteiger partial charge in [-0.2, -0.15) is 0 Å². The topological polar surface area (TPSA) is 37.8 Å². The number of benzene rings is 1. The van der Waals surface area contributed by atoms with Crippen LogP contribution in [-0.2, 0) is 0 Å². The zero-order valence-corrected chi connectivity index (χ0v) is 11.9. The molecule has 0 aliphatic rings. The first-order valence-corrected chi connectivity index (χ1v) is 6.80. The second-order valence-electron chi connectivity index (χ2n) is 4.83. The molecule has 19 heavy (non-hydrogen) atoms. The van der Waals surface area contributed by atoms with Gasteiger partial charge in [-0.3, -0.25) is 0 Å². The minimum atomic E-state index is 0.140. The first-order valence-electron chi connectivity index (χ1n) is 6.80. The molecule has 1 unspecified atom stereocenters. The quantitative estimate of drug-likeness (QED) is 0.891. The summed E-state index contributed by atoms with van der Waals surface area (Å²) >= 11 is 0. The Kier molecular flexibility index (Phi) is 4.63. The molecule has 1 heterocycles. The summed E-state index contributed by atoms with van der Waals surface area (Å²) in [4.78, 5) is 8.73. The van der Waals surface area contributed by atoms with Crippen molar-refractivity contribution in [2.45, 2.75) is 33.2 Å². The Morgan fingerprint density at radius 1 is 1.21 bits per heavy atom. The zero-order chi connectivity index (χ0) is 13.7. The van der Waals surface area contributed by atoms with Crippen LogP contribution in [-0.4, -0.2) is 16.5 Å². The van der Waals surface area contributed by atoms with E-state index >= 15 is 0 Å². The van der Waals surface area contributed by atoms with E-state index in [1.807, 2.05) is 19.2 Å². The van der Waals surface area contributed by atoms with Crippen LogP contribution in [0.1, 0.15) is 42.0 Å². The summed E-state index contributed by atoms with van der Waals surface area (Å²) in [5.74, 6) is 0.813. The lowest BCUT2D eigenvalue weighted by atomic mass is 10.0. The maximum absolute atomic E-state index is 4.56. The third kappa shape index (κ3) is 3.61. The lowest BCUT2D eigenvalue weighted by molar-refractivity contribution is 0.583. The monoisotopic (exact) mass is 255 g/mol. The molecule has 0 saturated carbocycles. The number of aromatic nitrogens is 2. The van der Waals surface area contributed by atoms with E-state index in [9.17, 15) is 0 Å². The molecule has 1 N–H and O–H groups in total. The van der Waals surface area contributed by atoms with E-state index in [0.29, 0.717) is 0 Å². The highest BCUT2D eigenvalue weighted by atomic mass is 15.0. The molecule has 0 radical (unpaired) electrons. The van der Waals surface area contributed by atoms with Gasteiger partial charge in [-0.05, 0) is 38.4 Å². The van der Waals surface area contributed by atoms with Crippen molar-refractivity contribution in [2.24, 2.45) is 0 Å². The van der Waals surface area contributed by atoms with Crippen molar-refractivity contribution in [2.75, 3.05) is 6.54 Å². The van der Waals surface area contributed by atoms with E-state index in [0.717, 1.165) is 24.5 Å². The van der Waals surface area contributed by atoms with Crippen LogP contribution in [0.2, 0.25) is 0 Å². The molecule has 3 nitrogen and oxygen atoms in total. The Bertz CT molecular complexity index is 492. The van der Waals surface area contributed by atoms with E-state index in [1.54, 1.807) is 0 Å². The van der Waals surface area contributed by atoms with Crippen LogP contribution in [0.25, 0.3) is 0 Å². The van der Waals surface area contributed by atoms with Crippen LogP contribution >= 0.6 is 0 Å². The van der Waals surface area contributed by atoms with Gasteiger partial charge in [0, 0.05) is 6.20 Å². The van der Waals surface area contributed by atoms with Gasteiger partial charge in [0.15, 0.2) is 0 Å². The molecular formula is C16H21N3. The first kappa shape index (κ1) is 13.7. The summed E-state index contributed by atoms with van der Waals surface area (Å²) in [6.45, 7) is 7.19. The summed E-state index contributed by atoms with van der Waals surface area (Å²) in [6.07, 6.45) is 2.93. The fourth-order valence-corrected chi connectivity index (χ4v) is 2.17. The van der Waals surface area contributed by atoms with Crippen LogP contribution in [0.5, 0.6) is 0 Å². The number of hydrogen-bond donors (Lipinski definition) is 1. The molecule has 0 amide bonds. The number of rotatable bonds is 5. The fraction of sp³-hybridized carbons (Fsp3) is 0.375. The maximum Gasteiger partial charge on any atom is 0.125 e. The zero-order valence-electron chi connectivity index (χ0n) is 11.9. The molecule has 1 aromatic heterocycles. The van der Waals surface area contributed by atoms with Crippen LogP contribution in [0, 0.1) is 13.8 Å². The minimum absolute atomic E-state index is 0.140. The number of aryl methyl sites for hydroxylation is 2. The highest BCUT2D eigenvalue weighted by Crippen LogP contribution is 2.21. The molecule has 0 saturated heterocycles. The Morgan fingerprint density at radius 2 is 2.05 bits per heavy atom. The molecular weight excluding hydrogens is 234 g/mol. The van der Waals surface area contributed by atoms with E-state index < -0.39 is 0 Å². The highest BCUT2D eigenvalue weighted by Gasteiger charge is 2.14. The molecule has 2 aromatic rings. The van der Waals surface area contributed by atoms with E-state index in [4.69, 9.17) is 0 Å². The SMILES string of the molecule is CCCNC(c1cccc(C)c1)c1ccnc(C)n1. The van der Waals surface area contributed by atoms with Crippen molar-refractivity contribution < 1.29 is 0 Å². The van der Waals surface area contributed by atoms with Crippen LogP contribution < -0.4 is 5.32 Å². The maximum atomic E-state index is 4.56. The molecule has 0 bridgehead atoms. The number of nitrogens with zero attached hydrogens (tertiary/aromatic N) is 2. The van der Waals surface area contributed by atoms with E-state index in [-0.39, 0.29) is 6.04 Å². The van der Waals surface area contributed by atoms with Crippen molar-refractivity contribution in [1.29, 1.82) is 0 Å². The summed E-state index contributed by atoms with van der Waals surface area (Å²) < 4.78 is 0. The molecule has 0 aliphatic carbocycles. The molecule has 0 aliphatic heterocycles. The third-order valence-corrected chi connectivity index (χ3v) is 3.07. The molecule has 2 rings (SSSR count). The Morgan fingerprint density at radius 3 is 2.74 bits per heavy atom. The first-order chi connectivity index (χ1) is 9.20. The Hall–Kier alpha value is -1.74. The number of nitrogens with one attached hydrogen (secondary N) is 1. The predicted molar refractivity (Wildman–Crippen MR) is 78.1 cm³/mol. The van der Waals surface area contributed by atoms with Gasteiger partial charge < -0.3 is 5.32 Å². The van der Waals surface area contributed by atoms with Crippen molar-refractivity contribution in [1.82, 2.24) is 15.3 Å². The van der Waals surface area contributed by atoms with Crippen LogP contribution in [0.4, 0.5) is 0 Å². The minimum Gasteiger partial charge on any atom is -0.305 e. The van der Waals surface area contributed by atoms with E-state index in [1.165, 1.54) is 11.1 Å². The second kappa shape index (κ2) is 6.43. The van der Waals surface area contributed by atoms with E-state index in [2.05, 4.69) is 53.4 Å².